The Bertz CT molecular complexity index is 1070. The molecule has 0 unspecified atom stereocenters. The lowest BCUT2D eigenvalue weighted by Gasteiger charge is -2.28. The van der Waals surface area contributed by atoms with Crippen LogP contribution in [0.4, 0.5) is 23.0 Å². The van der Waals surface area contributed by atoms with Crippen molar-refractivity contribution in [2.75, 3.05) is 41.7 Å². The summed E-state index contributed by atoms with van der Waals surface area (Å²) in [6.45, 7) is 4.04. The highest BCUT2D eigenvalue weighted by Crippen LogP contribution is 2.26. The van der Waals surface area contributed by atoms with Gasteiger partial charge in [-0.15, -0.1) is 0 Å². The summed E-state index contributed by atoms with van der Waals surface area (Å²) < 4.78 is 0. The van der Waals surface area contributed by atoms with E-state index >= 15 is 0 Å². The van der Waals surface area contributed by atoms with Crippen LogP contribution in [0.2, 0.25) is 0 Å². The van der Waals surface area contributed by atoms with Crippen molar-refractivity contribution in [1.29, 1.82) is 0 Å². The van der Waals surface area contributed by atoms with Crippen LogP contribution in [0.5, 0.6) is 0 Å². The number of benzene rings is 1. The number of fused-ring (bicyclic) bond motifs is 1. The molecule has 0 radical (unpaired) electrons. The summed E-state index contributed by atoms with van der Waals surface area (Å²) in [6, 6.07) is 10.6. The number of aromatic amines is 1. The molecule has 0 amide bonds. The molecule has 4 heterocycles. The standard InChI is InChI=1S/C22H27N7O/c30-22-20-18(24-14-25-22)11-19(26-16-12-23-13-16)28-21(20)27-15-5-7-17(8-6-15)29-9-3-1-2-4-10-29/h5-8,11,14,16,23H,1-4,9-10,12-13H2,(H,24,25,30)(H2,26,27,28). The van der Waals surface area contributed by atoms with Gasteiger partial charge in [0.2, 0.25) is 0 Å². The number of pyridine rings is 1. The van der Waals surface area contributed by atoms with Crippen molar-refractivity contribution in [3.8, 4) is 0 Å². The fraction of sp³-hybridized carbons (Fsp3) is 0.409. The van der Waals surface area contributed by atoms with Crippen LogP contribution in [0.15, 0.2) is 41.5 Å². The van der Waals surface area contributed by atoms with Crippen molar-refractivity contribution in [3.63, 3.8) is 0 Å². The molecule has 2 aliphatic rings. The van der Waals surface area contributed by atoms with Gasteiger partial charge in [-0.25, -0.2) is 9.97 Å². The molecule has 4 N–H and O–H groups in total. The van der Waals surface area contributed by atoms with Gasteiger partial charge in [0.1, 0.15) is 17.0 Å². The largest absolute Gasteiger partial charge is 0.372 e. The zero-order chi connectivity index (χ0) is 20.3. The molecular formula is C22H27N7O. The Morgan fingerprint density at radius 1 is 1.03 bits per heavy atom. The molecule has 2 aliphatic heterocycles. The van der Waals surface area contributed by atoms with Gasteiger partial charge in [0.15, 0.2) is 0 Å². The summed E-state index contributed by atoms with van der Waals surface area (Å²) in [5, 5.41) is 10.4. The quantitative estimate of drug-likeness (QED) is 0.518. The van der Waals surface area contributed by atoms with E-state index in [0.717, 1.165) is 37.7 Å². The molecule has 5 rings (SSSR count). The molecule has 2 aromatic heterocycles. The van der Waals surface area contributed by atoms with Crippen molar-refractivity contribution >= 4 is 33.9 Å². The predicted octanol–water partition coefficient (Wildman–Crippen LogP) is 2.83. The average Bonchev–Trinajstić information content (AvgIpc) is 3.01. The Balaban J connectivity index is 1.42. The van der Waals surface area contributed by atoms with Crippen molar-refractivity contribution in [3.05, 3.63) is 47.0 Å². The number of hydrogen-bond acceptors (Lipinski definition) is 7. The Kier molecular flexibility index (Phi) is 5.23. The van der Waals surface area contributed by atoms with E-state index in [4.69, 9.17) is 0 Å². The first kappa shape index (κ1) is 18.9. The Morgan fingerprint density at radius 2 is 1.80 bits per heavy atom. The number of H-pyrrole nitrogens is 1. The maximum absolute atomic E-state index is 12.5. The van der Waals surface area contributed by atoms with E-state index in [2.05, 4.69) is 47.9 Å². The van der Waals surface area contributed by atoms with Gasteiger partial charge in [0, 0.05) is 43.6 Å². The summed E-state index contributed by atoms with van der Waals surface area (Å²) in [5.41, 5.74) is 2.56. The van der Waals surface area contributed by atoms with Gasteiger partial charge in [0.05, 0.1) is 17.9 Å². The van der Waals surface area contributed by atoms with Crippen LogP contribution < -0.4 is 26.4 Å². The molecule has 0 saturated carbocycles. The van der Waals surface area contributed by atoms with E-state index in [1.807, 2.05) is 18.2 Å². The van der Waals surface area contributed by atoms with Gasteiger partial charge in [-0.3, -0.25) is 4.79 Å². The zero-order valence-corrected chi connectivity index (χ0v) is 16.9. The highest BCUT2D eigenvalue weighted by atomic mass is 16.1. The first-order valence-electron chi connectivity index (χ1n) is 10.7. The summed E-state index contributed by atoms with van der Waals surface area (Å²) in [4.78, 5) is 26.6. The van der Waals surface area contributed by atoms with Crippen molar-refractivity contribution in [2.45, 2.75) is 31.7 Å². The van der Waals surface area contributed by atoms with Crippen LogP contribution in [0, 0.1) is 0 Å². The third kappa shape index (κ3) is 3.95. The van der Waals surface area contributed by atoms with Crippen LogP contribution in [0.25, 0.3) is 10.9 Å². The summed E-state index contributed by atoms with van der Waals surface area (Å²) in [7, 11) is 0. The van der Waals surface area contributed by atoms with E-state index in [1.54, 1.807) is 0 Å². The minimum atomic E-state index is -0.201. The number of aromatic nitrogens is 3. The van der Waals surface area contributed by atoms with Gasteiger partial charge in [-0.2, -0.15) is 0 Å². The van der Waals surface area contributed by atoms with Crippen molar-refractivity contribution < 1.29 is 0 Å². The summed E-state index contributed by atoms with van der Waals surface area (Å²) in [6.07, 6.45) is 6.57. The number of anilines is 4. The molecule has 3 aromatic rings. The third-order valence-corrected chi connectivity index (χ3v) is 5.86. The molecule has 30 heavy (non-hydrogen) atoms. The third-order valence-electron chi connectivity index (χ3n) is 5.86. The van der Waals surface area contributed by atoms with Gasteiger partial charge >= 0.3 is 0 Å². The van der Waals surface area contributed by atoms with Gasteiger partial charge in [0.25, 0.3) is 5.56 Å². The fourth-order valence-corrected chi connectivity index (χ4v) is 4.08. The lowest BCUT2D eigenvalue weighted by molar-refractivity contribution is 0.471. The molecule has 0 bridgehead atoms. The highest BCUT2D eigenvalue weighted by Gasteiger charge is 2.18. The van der Waals surface area contributed by atoms with Crippen LogP contribution in [0.1, 0.15) is 25.7 Å². The molecule has 8 heteroatoms. The number of rotatable bonds is 5. The Hall–Kier alpha value is -3.13. The molecule has 2 saturated heterocycles. The van der Waals surface area contributed by atoms with E-state index in [0.29, 0.717) is 22.8 Å². The van der Waals surface area contributed by atoms with Crippen molar-refractivity contribution in [1.82, 2.24) is 20.3 Å². The lowest BCUT2D eigenvalue weighted by atomic mass is 10.2. The van der Waals surface area contributed by atoms with Crippen LogP contribution in [0.3, 0.4) is 0 Å². The van der Waals surface area contributed by atoms with E-state index in [1.165, 1.54) is 37.7 Å². The molecule has 0 atom stereocenters. The second-order valence-corrected chi connectivity index (χ2v) is 8.05. The molecule has 0 aliphatic carbocycles. The predicted molar refractivity (Wildman–Crippen MR) is 121 cm³/mol. The number of hydrogen-bond donors (Lipinski definition) is 4. The maximum Gasteiger partial charge on any atom is 0.262 e. The Labute approximate surface area is 175 Å². The fourth-order valence-electron chi connectivity index (χ4n) is 4.08. The lowest BCUT2D eigenvalue weighted by Crippen LogP contribution is -2.51. The summed E-state index contributed by atoms with van der Waals surface area (Å²) in [5.74, 6) is 1.23. The topological polar surface area (TPSA) is 98.0 Å². The number of nitrogens with zero attached hydrogens (tertiary/aromatic N) is 3. The number of nitrogens with one attached hydrogen (secondary N) is 4. The monoisotopic (exact) mass is 405 g/mol. The maximum atomic E-state index is 12.5. The normalized spacial score (nSPS) is 17.4. The molecule has 1 aromatic carbocycles. The smallest absolute Gasteiger partial charge is 0.262 e. The molecular weight excluding hydrogens is 378 g/mol. The van der Waals surface area contributed by atoms with Crippen molar-refractivity contribution in [2.24, 2.45) is 0 Å². The van der Waals surface area contributed by atoms with Crippen LogP contribution in [-0.2, 0) is 0 Å². The molecule has 156 valence electrons. The van der Waals surface area contributed by atoms with Gasteiger partial charge in [-0.05, 0) is 37.1 Å². The summed E-state index contributed by atoms with van der Waals surface area (Å²) >= 11 is 0. The van der Waals surface area contributed by atoms with E-state index in [9.17, 15) is 4.79 Å². The van der Waals surface area contributed by atoms with Gasteiger partial charge < -0.3 is 25.8 Å². The average molecular weight is 406 g/mol. The SMILES string of the molecule is O=c1[nH]cnc2cc(NC3CNC3)nc(Nc3ccc(N4CCCCCC4)cc3)c12. The molecule has 8 nitrogen and oxygen atoms in total. The van der Waals surface area contributed by atoms with E-state index < -0.39 is 0 Å². The van der Waals surface area contributed by atoms with Gasteiger partial charge in [-0.1, -0.05) is 12.8 Å². The minimum Gasteiger partial charge on any atom is -0.372 e. The van der Waals surface area contributed by atoms with Crippen LogP contribution in [-0.4, -0.2) is 47.2 Å². The Morgan fingerprint density at radius 3 is 2.50 bits per heavy atom. The molecule has 0 spiro atoms. The minimum absolute atomic E-state index is 0.201. The first-order chi connectivity index (χ1) is 14.8. The zero-order valence-electron chi connectivity index (χ0n) is 16.9. The second-order valence-electron chi connectivity index (χ2n) is 8.05. The highest BCUT2D eigenvalue weighted by molar-refractivity contribution is 5.92. The first-order valence-corrected chi connectivity index (χ1v) is 10.7. The molecule has 2 fully saturated rings. The van der Waals surface area contributed by atoms with Crippen LogP contribution >= 0.6 is 0 Å². The van der Waals surface area contributed by atoms with E-state index in [-0.39, 0.29) is 5.56 Å². The second kappa shape index (κ2) is 8.31.